The van der Waals surface area contributed by atoms with E-state index < -0.39 is 16.5 Å². The van der Waals surface area contributed by atoms with Crippen LogP contribution >= 0.6 is 0 Å². The fourth-order valence-electron chi connectivity index (χ4n) is 2.38. The van der Waals surface area contributed by atoms with E-state index in [0.29, 0.717) is 0 Å². The highest BCUT2D eigenvalue weighted by atomic mass is 28.4. The van der Waals surface area contributed by atoms with Gasteiger partial charge in [0, 0.05) is 13.0 Å². The van der Waals surface area contributed by atoms with Crippen LogP contribution in [-0.2, 0) is 6.42 Å². The highest BCUT2D eigenvalue weighted by molar-refractivity contribution is 6.89. The second-order valence-electron chi connectivity index (χ2n) is 6.94. The lowest BCUT2D eigenvalue weighted by atomic mass is 10.2. The highest BCUT2D eigenvalue weighted by Crippen LogP contribution is 2.18. The third-order valence-electron chi connectivity index (χ3n) is 3.12. The van der Waals surface area contributed by atoms with E-state index in [1.54, 1.807) is 0 Å². The minimum absolute atomic E-state index is 0.867. The maximum Gasteiger partial charge on any atom is 0.113 e. The molecule has 1 aromatic carbocycles. The molecule has 0 fully saturated rings. The predicted molar refractivity (Wildman–Crippen MR) is 91.3 cm³/mol. The van der Waals surface area contributed by atoms with Gasteiger partial charge < -0.3 is 4.23 Å². The molecule has 0 aliphatic carbocycles. The third-order valence-corrected chi connectivity index (χ3v) is 10.7. The van der Waals surface area contributed by atoms with E-state index >= 15 is 0 Å². The van der Waals surface area contributed by atoms with Crippen LogP contribution in [0.5, 0.6) is 0 Å². The van der Waals surface area contributed by atoms with E-state index in [4.69, 9.17) is 0 Å². The molecule has 0 bridgehead atoms. The molecule has 0 spiro atoms. The summed E-state index contributed by atoms with van der Waals surface area (Å²) in [5.74, 6) is 6.72. The van der Waals surface area contributed by atoms with Crippen LogP contribution in [-0.4, -0.2) is 27.2 Å². The van der Waals surface area contributed by atoms with Crippen molar-refractivity contribution in [1.82, 2.24) is 4.23 Å². The zero-order valence-electron chi connectivity index (χ0n) is 13.2. The van der Waals surface area contributed by atoms with Gasteiger partial charge >= 0.3 is 0 Å². The quantitative estimate of drug-likeness (QED) is 0.593. The average Bonchev–Trinajstić information content (AvgIpc) is 2.26. The lowest BCUT2D eigenvalue weighted by Gasteiger charge is -2.42. The Morgan fingerprint density at radius 2 is 1.37 bits per heavy atom. The van der Waals surface area contributed by atoms with Gasteiger partial charge in [-0.15, -0.1) is 0 Å². The van der Waals surface area contributed by atoms with Gasteiger partial charge in [0.25, 0.3) is 0 Å². The second-order valence-corrected chi connectivity index (χ2v) is 17.2. The maximum atomic E-state index is 3.39. The molecule has 0 unspecified atom stereocenters. The molecule has 0 amide bonds. The van der Waals surface area contributed by atoms with Crippen molar-refractivity contribution < 1.29 is 0 Å². The van der Waals surface area contributed by atoms with Crippen molar-refractivity contribution in [2.45, 2.75) is 45.7 Å². The molecule has 0 atom stereocenters. The van der Waals surface area contributed by atoms with Crippen molar-refractivity contribution in [3.63, 3.8) is 0 Å². The zero-order chi connectivity index (χ0) is 14.5. The molecule has 0 radical (unpaired) electrons. The molecular weight excluding hydrogens is 262 g/mol. The zero-order valence-corrected chi connectivity index (χ0v) is 15.2. The van der Waals surface area contributed by atoms with Crippen molar-refractivity contribution in [1.29, 1.82) is 0 Å². The molecule has 1 nitrogen and oxygen atoms in total. The minimum atomic E-state index is -1.26. The highest BCUT2D eigenvalue weighted by Gasteiger charge is 2.33. The van der Waals surface area contributed by atoms with E-state index in [1.165, 1.54) is 5.56 Å². The predicted octanol–water partition coefficient (Wildman–Crippen LogP) is 4.20. The first-order chi connectivity index (χ1) is 8.71. The molecule has 19 heavy (non-hydrogen) atoms. The Bertz CT molecular complexity index is 430. The second kappa shape index (κ2) is 6.56. The molecule has 0 heterocycles. The summed E-state index contributed by atoms with van der Waals surface area (Å²) in [7, 11) is -2.52. The van der Waals surface area contributed by atoms with Crippen molar-refractivity contribution in [3.8, 4) is 11.8 Å². The van der Waals surface area contributed by atoms with Crippen molar-refractivity contribution in [2.75, 3.05) is 6.54 Å². The van der Waals surface area contributed by atoms with Gasteiger partial charge in [-0.2, -0.15) is 0 Å². The largest absolute Gasteiger partial charge is 0.336 e. The monoisotopic (exact) mass is 289 g/mol. The van der Waals surface area contributed by atoms with Crippen LogP contribution in [0.25, 0.3) is 0 Å². The molecule has 1 aromatic rings. The summed E-state index contributed by atoms with van der Waals surface area (Å²) in [6, 6.07) is 10.5. The molecule has 0 aliphatic heterocycles. The van der Waals surface area contributed by atoms with Gasteiger partial charge in [-0.1, -0.05) is 81.5 Å². The Kier molecular flexibility index (Phi) is 5.60. The lowest BCUT2D eigenvalue weighted by Crippen LogP contribution is -2.59. The summed E-state index contributed by atoms with van der Waals surface area (Å²) >= 11 is 0. The summed E-state index contributed by atoms with van der Waals surface area (Å²) in [5.41, 5.74) is 1.31. The van der Waals surface area contributed by atoms with Crippen LogP contribution < -0.4 is 0 Å². The standard InChI is InChI=1S/C16H27NSi2/c1-18(2,3)17(19(4,5)6)15-11-10-14-16-12-8-7-9-13-16/h7-9,12-13H,14-15H2,1-6H3. The van der Waals surface area contributed by atoms with Gasteiger partial charge in [0.1, 0.15) is 16.5 Å². The summed E-state index contributed by atoms with van der Waals surface area (Å²) < 4.78 is 2.72. The topological polar surface area (TPSA) is 3.24 Å². The first-order valence-electron chi connectivity index (χ1n) is 6.98. The van der Waals surface area contributed by atoms with Gasteiger partial charge in [-0.05, 0) is 5.56 Å². The van der Waals surface area contributed by atoms with Crippen LogP contribution in [0.15, 0.2) is 30.3 Å². The molecule has 3 heteroatoms. The molecule has 0 aromatic heterocycles. The number of benzene rings is 1. The summed E-state index contributed by atoms with van der Waals surface area (Å²) in [5, 5.41) is 0. The fraction of sp³-hybridized carbons (Fsp3) is 0.500. The SMILES string of the molecule is C[Si](C)(C)N(CC#CCc1ccccc1)[Si](C)(C)C. The number of hydrogen-bond acceptors (Lipinski definition) is 1. The van der Waals surface area contributed by atoms with Gasteiger partial charge in [-0.25, -0.2) is 0 Å². The number of hydrogen-bond donors (Lipinski definition) is 0. The Morgan fingerprint density at radius 3 is 1.84 bits per heavy atom. The first-order valence-corrected chi connectivity index (χ1v) is 13.9. The molecular formula is C16H27NSi2. The van der Waals surface area contributed by atoms with E-state index in [9.17, 15) is 0 Å². The van der Waals surface area contributed by atoms with E-state index in [1.807, 2.05) is 0 Å². The maximum absolute atomic E-state index is 3.39. The molecule has 0 saturated carbocycles. The summed E-state index contributed by atoms with van der Waals surface area (Å²) in [6.45, 7) is 15.5. The van der Waals surface area contributed by atoms with Crippen molar-refractivity contribution >= 4 is 16.5 Å². The van der Waals surface area contributed by atoms with Crippen LogP contribution in [0.1, 0.15) is 5.56 Å². The normalized spacial score (nSPS) is 12.2. The van der Waals surface area contributed by atoms with Crippen molar-refractivity contribution in [3.05, 3.63) is 35.9 Å². The molecule has 0 saturated heterocycles. The third kappa shape index (κ3) is 5.77. The first kappa shape index (κ1) is 16.2. The fourth-order valence-corrected chi connectivity index (χ4v) is 11.5. The molecule has 0 N–H and O–H groups in total. The van der Waals surface area contributed by atoms with Gasteiger partial charge in [0.15, 0.2) is 0 Å². The smallest absolute Gasteiger partial charge is 0.113 e. The van der Waals surface area contributed by atoms with Crippen LogP contribution in [0.3, 0.4) is 0 Å². The lowest BCUT2D eigenvalue weighted by molar-refractivity contribution is 0.699. The Morgan fingerprint density at radius 1 is 0.842 bits per heavy atom. The Hall–Kier alpha value is -0.826. The van der Waals surface area contributed by atoms with Crippen molar-refractivity contribution in [2.24, 2.45) is 0 Å². The van der Waals surface area contributed by atoms with Crippen LogP contribution in [0.4, 0.5) is 0 Å². The van der Waals surface area contributed by atoms with E-state index in [0.717, 1.165) is 13.0 Å². The average molecular weight is 290 g/mol. The molecule has 0 aliphatic rings. The summed E-state index contributed by atoms with van der Waals surface area (Å²) in [4.78, 5) is 0. The van der Waals surface area contributed by atoms with Crippen LogP contribution in [0, 0.1) is 11.8 Å². The Balaban J connectivity index is 2.64. The Labute approximate surface area is 121 Å². The summed E-state index contributed by atoms with van der Waals surface area (Å²) in [6.07, 6.45) is 0.867. The minimum Gasteiger partial charge on any atom is -0.336 e. The van der Waals surface area contributed by atoms with Gasteiger partial charge in [-0.3, -0.25) is 0 Å². The number of rotatable bonds is 4. The van der Waals surface area contributed by atoms with E-state index in [-0.39, 0.29) is 0 Å². The molecule has 104 valence electrons. The van der Waals surface area contributed by atoms with Gasteiger partial charge in [0.2, 0.25) is 0 Å². The van der Waals surface area contributed by atoms with Gasteiger partial charge in [0.05, 0.1) is 0 Å². The number of nitrogens with zero attached hydrogens (tertiary/aromatic N) is 1. The van der Waals surface area contributed by atoms with E-state index in [2.05, 4.69) is 85.7 Å². The molecule has 1 rings (SSSR count). The van der Waals surface area contributed by atoms with Crippen LogP contribution in [0.2, 0.25) is 39.3 Å².